The molecule has 2 fully saturated rings. The first-order chi connectivity index (χ1) is 13.6. The molecule has 2 aliphatic rings. The Kier molecular flexibility index (Phi) is 5.42. The summed E-state index contributed by atoms with van der Waals surface area (Å²) in [6, 6.07) is 11.4. The maximum Gasteiger partial charge on any atom is 0.259 e. The number of hydrogen-bond acceptors (Lipinski definition) is 3. The lowest BCUT2D eigenvalue weighted by Crippen LogP contribution is -2.42. The van der Waals surface area contributed by atoms with Crippen LogP contribution in [0.15, 0.2) is 42.6 Å². The Labute approximate surface area is 166 Å². The highest BCUT2D eigenvalue weighted by Crippen LogP contribution is 2.31. The van der Waals surface area contributed by atoms with Gasteiger partial charge in [0.25, 0.3) is 5.91 Å². The monoisotopic (exact) mass is 377 g/mol. The molecule has 2 amide bonds. The zero-order chi connectivity index (χ0) is 19.5. The quantitative estimate of drug-likeness (QED) is 0.820. The summed E-state index contributed by atoms with van der Waals surface area (Å²) in [6.45, 7) is 2.00. The molecule has 146 valence electrons. The molecule has 1 N–H and O–H groups in total. The SMILES string of the molecule is Cc1ccc(N(C(=O)c2ccc(NC(=O)C3CC3)cc2)C2CCCCC2)nc1. The Balaban J connectivity index is 1.55. The molecule has 0 bridgehead atoms. The van der Waals surface area contributed by atoms with Gasteiger partial charge in [-0.2, -0.15) is 0 Å². The van der Waals surface area contributed by atoms with Gasteiger partial charge in [-0.1, -0.05) is 25.3 Å². The van der Waals surface area contributed by atoms with Crippen molar-refractivity contribution in [3.05, 3.63) is 53.7 Å². The standard InChI is InChI=1S/C23H27N3O2/c1-16-7-14-21(24-15-16)26(20-5-3-2-4-6-20)23(28)18-10-12-19(13-11-18)25-22(27)17-8-9-17/h7,10-15,17,20H,2-6,8-9H2,1H3,(H,25,27). The number of anilines is 2. The van der Waals surface area contributed by atoms with Crippen LogP contribution in [-0.4, -0.2) is 22.8 Å². The lowest BCUT2D eigenvalue weighted by molar-refractivity contribution is -0.117. The highest BCUT2D eigenvalue weighted by atomic mass is 16.2. The largest absolute Gasteiger partial charge is 0.326 e. The number of rotatable bonds is 5. The van der Waals surface area contributed by atoms with E-state index in [4.69, 9.17) is 0 Å². The van der Waals surface area contributed by atoms with Gasteiger partial charge in [-0.25, -0.2) is 4.98 Å². The van der Waals surface area contributed by atoms with Crippen LogP contribution in [0.4, 0.5) is 11.5 Å². The number of hydrogen-bond donors (Lipinski definition) is 1. The van der Waals surface area contributed by atoms with Crippen molar-refractivity contribution in [1.82, 2.24) is 4.98 Å². The number of nitrogens with one attached hydrogen (secondary N) is 1. The first-order valence-electron chi connectivity index (χ1n) is 10.3. The molecule has 1 heterocycles. The van der Waals surface area contributed by atoms with E-state index in [0.29, 0.717) is 11.4 Å². The van der Waals surface area contributed by atoms with Crippen LogP contribution in [0.2, 0.25) is 0 Å². The Hall–Kier alpha value is -2.69. The van der Waals surface area contributed by atoms with Crippen molar-refractivity contribution < 1.29 is 9.59 Å². The fraction of sp³-hybridized carbons (Fsp3) is 0.435. The highest BCUT2D eigenvalue weighted by molar-refractivity contribution is 6.06. The summed E-state index contributed by atoms with van der Waals surface area (Å²) in [4.78, 5) is 31.7. The summed E-state index contributed by atoms with van der Waals surface area (Å²) in [7, 11) is 0. The summed E-state index contributed by atoms with van der Waals surface area (Å²) >= 11 is 0. The first-order valence-corrected chi connectivity index (χ1v) is 10.3. The van der Waals surface area contributed by atoms with Gasteiger partial charge in [0.15, 0.2) is 0 Å². The zero-order valence-corrected chi connectivity index (χ0v) is 16.4. The molecule has 2 saturated carbocycles. The van der Waals surface area contributed by atoms with E-state index >= 15 is 0 Å². The third-order valence-electron chi connectivity index (χ3n) is 5.65. The number of benzene rings is 1. The predicted molar refractivity (Wildman–Crippen MR) is 110 cm³/mol. The first kappa shape index (κ1) is 18.7. The zero-order valence-electron chi connectivity index (χ0n) is 16.4. The van der Waals surface area contributed by atoms with Gasteiger partial charge in [-0.15, -0.1) is 0 Å². The van der Waals surface area contributed by atoms with E-state index in [0.717, 1.165) is 49.8 Å². The highest BCUT2D eigenvalue weighted by Gasteiger charge is 2.30. The Bertz CT molecular complexity index is 835. The van der Waals surface area contributed by atoms with E-state index in [-0.39, 0.29) is 23.8 Å². The second-order valence-electron chi connectivity index (χ2n) is 8.00. The lowest BCUT2D eigenvalue weighted by Gasteiger charge is -2.33. The van der Waals surface area contributed by atoms with Crippen LogP contribution in [0, 0.1) is 12.8 Å². The molecule has 0 atom stereocenters. The molecule has 1 aromatic carbocycles. The van der Waals surface area contributed by atoms with E-state index in [1.54, 1.807) is 12.1 Å². The molecule has 5 heteroatoms. The van der Waals surface area contributed by atoms with E-state index in [1.807, 2.05) is 42.3 Å². The molecular weight excluding hydrogens is 350 g/mol. The second-order valence-corrected chi connectivity index (χ2v) is 8.00. The van der Waals surface area contributed by atoms with Crippen LogP contribution >= 0.6 is 0 Å². The van der Waals surface area contributed by atoms with Crippen molar-refractivity contribution in [2.45, 2.75) is 57.9 Å². The Morgan fingerprint density at radius 1 is 0.964 bits per heavy atom. The molecule has 0 spiro atoms. The van der Waals surface area contributed by atoms with Gasteiger partial charge in [0.05, 0.1) is 0 Å². The summed E-state index contributed by atoms with van der Waals surface area (Å²) in [5, 5.41) is 2.92. The molecule has 0 aliphatic heterocycles. The smallest absolute Gasteiger partial charge is 0.259 e. The van der Waals surface area contributed by atoms with E-state index in [9.17, 15) is 9.59 Å². The van der Waals surface area contributed by atoms with Gasteiger partial charge >= 0.3 is 0 Å². The molecule has 4 rings (SSSR count). The normalized spacial score (nSPS) is 17.2. The van der Waals surface area contributed by atoms with Crippen molar-refractivity contribution in [2.75, 3.05) is 10.2 Å². The van der Waals surface area contributed by atoms with Crippen LogP contribution in [0.1, 0.15) is 60.9 Å². The van der Waals surface area contributed by atoms with Gasteiger partial charge in [0.2, 0.25) is 5.91 Å². The van der Waals surface area contributed by atoms with Gasteiger partial charge in [0, 0.05) is 29.4 Å². The molecular formula is C23H27N3O2. The van der Waals surface area contributed by atoms with Gasteiger partial charge in [0.1, 0.15) is 5.82 Å². The van der Waals surface area contributed by atoms with Crippen molar-refractivity contribution in [1.29, 1.82) is 0 Å². The number of nitrogens with zero attached hydrogens (tertiary/aromatic N) is 2. The molecule has 2 aliphatic carbocycles. The molecule has 0 saturated heterocycles. The molecule has 2 aromatic rings. The maximum atomic E-state index is 13.4. The average molecular weight is 377 g/mol. The lowest BCUT2D eigenvalue weighted by atomic mass is 9.93. The van der Waals surface area contributed by atoms with Crippen LogP contribution in [0.25, 0.3) is 0 Å². The number of aromatic nitrogens is 1. The number of carbonyl (C=O) groups is 2. The molecule has 5 nitrogen and oxygen atoms in total. The van der Waals surface area contributed by atoms with Crippen molar-refractivity contribution >= 4 is 23.3 Å². The summed E-state index contributed by atoms with van der Waals surface area (Å²) in [6.07, 6.45) is 9.31. The minimum atomic E-state index is -0.0247. The van der Waals surface area contributed by atoms with E-state index < -0.39 is 0 Å². The summed E-state index contributed by atoms with van der Waals surface area (Å²) in [5.74, 6) is 0.930. The van der Waals surface area contributed by atoms with Gasteiger partial charge in [-0.05, 0) is 68.5 Å². The minimum absolute atomic E-state index is 0.0247. The Morgan fingerprint density at radius 3 is 2.29 bits per heavy atom. The Morgan fingerprint density at radius 2 is 1.68 bits per heavy atom. The molecule has 28 heavy (non-hydrogen) atoms. The summed E-state index contributed by atoms with van der Waals surface area (Å²) in [5.41, 5.74) is 2.44. The molecule has 1 aromatic heterocycles. The second kappa shape index (κ2) is 8.13. The third kappa shape index (κ3) is 4.24. The number of carbonyl (C=O) groups excluding carboxylic acids is 2. The minimum Gasteiger partial charge on any atom is -0.326 e. The number of amides is 2. The van der Waals surface area contributed by atoms with Crippen molar-refractivity contribution in [2.24, 2.45) is 5.92 Å². The van der Waals surface area contributed by atoms with Crippen LogP contribution in [0.3, 0.4) is 0 Å². The van der Waals surface area contributed by atoms with Crippen molar-refractivity contribution in [3.8, 4) is 0 Å². The van der Waals surface area contributed by atoms with Crippen molar-refractivity contribution in [3.63, 3.8) is 0 Å². The third-order valence-corrected chi connectivity index (χ3v) is 5.65. The van der Waals surface area contributed by atoms with Gasteiger partial charge in [-0.3, -0.25) is 14.5 Å². The number of aryl methyl sites for hydroxylation is 1. The maximum absolute atomic E-state index is 13.4. The fourth-order valence-electron chi connectivity index (χ4n) is 3.82. The molecule has 0 unspecified atom stereocenters. The van der Waals surface area contributed by atoms with E-state index in [2.05, 4.69) is 10.3 Å². The van der Waals surface area contributed by atoms with E-state index in [1.165, 1.54) is 6.42 Å². The van der Waals surface area contributed by atoms with Crippen LogP contribution in [-0.2, 0) is 4.79 Å². The van der Waals surface area contributed by atoms with Crippen LogP contribution in [0.5, 0.6) is 0 Å². The average Bonchev–Trinajstić information content (AvgIpc) is 3.56. The number of pyridine rings is 1. The topological polar surface area (TPSA) is 62.3 Å². The predicted octanol–water partition coefficient (Wildman–Crippen LogP) is 4.72. The van der Waals surface area contributed by atoms with Crippen LogP contribution < -0.4 is 10.2 Å². The van der Waals surface area contributed by atoms with Gasteiger partial charge < -0.3 is 5.32 Å². The summed E-state index contributed by atoms with van der Waals surface area (Å²) < 4.78 is 0. The molecule has 0 radical (unpaired) electrons. The fourth-order valence-corrected chi connectivity index (χ4v) is 3.82.